The molecule has 132 valence electrons. The third-order valence-electron chi connectivity index (χ3n) is 4.36. The first-order chi connectivity index (χ1) is 11.9. The van der Waals surface area contributed by atoms with Crippen molar-refractivity contribution in [1.29, 1.82) is 0 Å². The number of aryl methyl sites for hydroxylation is 2. The summed E-state index contributed by atoms with van der Waals surface area (Å²) in [6.07, 6.45) is 1.47. The second kappa shape index (κ2) is 6.64. The van der Waals surface area contributed by atoms with E-state index in [1.807, 2.05) is 19.9 Å². The van der Waals surface area contributed by atoms with Crippen LogP contribution in [0.1, 0.15) is 28.2 Å². The van der Waals surface area contributed by atoms with Gasteiger partial charge in [0.25, 0.3) is 5.91 Å². The van der Waals surface area contributed by atoms with Crippen LogP contribution in [0.3, 0.4) is 0 Å². The summed E-state index contributed by atoms with van der Waals surface area (Å²) < 4.78 is 6.91. The summed E-state index contributed by atoms with van der Waals surface area (Å²) in [6, 6.07) is 4.40. The Morgan fingerprint density at radius 1 is 1.32 bits per heavy atom. The predicted molar refractivity (Wildman–Crippen MR) is 88.7 cm³/mol. The number of carboxylic acid groups (broad SMARTS) is 1. The molecule has 1 aliphatic rings. The summed E-state index contributed by atoms with van der Waals surface area (Å²) >= 11 is 0. The van der Waals surface area contributed by atoms with Crippen LogP contribution in [-0.2, 0) is 9.53 Å². The highest BCUT2D eigenvalue weighted by Crippen LogP contribution is 2.23. The third-order valence-corrected chi connectivity index (χ3v) is 4.36. The van der Waals surface area contributed by atoms with Crippen LogP contribution >= 0.6 is 0 Å². The molecule has 1 aliphatic heterocycles. The first-order valence-corrected chi connectivity index (χ1v) is 7.97. The number of hydrogen-bond donors (Lipinski definition) is 1. The van der Waals surface area contributed by atoms with E-state index in [-0.39, 0.29) is 25.0 Å². The monoisotopic (exact) mass is 344 g/mol. The summed E-state index contributed by atoms with van der Waals surface area (Å²) in [5, 5.41) is 13.7. The lowest BCUT2D eigenvalue weighted by molar-refractivity contribution is -0.141. The predicted octanol–water partition coefficient (Wildman–Crippen LogP) is 1.20. The van der Waals surface area contributed by atoms with Gasteiger partial charge in [-0.1, -0.05) is 0 Å². The molecule has 2 unspecified atom stereocenters. The molecule has 2 aromatic heterocycles. The highest BCUT2D eigenvalue weighted by Gasteiger charge is 2.40. The maximum atomic E-state index is 12.7. The minimum Gasteiger partial charge on any atom is -0.480 e. The number of methoxy groups -OCH3 is 1. The number of pyridine rings is 1. The molecule has 1 N–H and O–H groups in total. The molecule has 0 aliphatic carbocycles. The van der Waals surface area contributed by atoms with E-state index < -0.39 is 12.0 Å². The van der Waals surface area contributed by atoms with E-state index in [1.54, 1.807) is 16.8 Å². The Morgan fingerprint density at radius 3 is 2.60 bits per heavy atom. The van der Waals surface area contributed by atoms with E-state index in [0.29, 0.717) is 11.4 Å². The summed E-state index contributed by atoms with van der Waals surface area (Å²) in [5.41, 5.74) is 2.16. The highest BCUT2D eigenvalue weighted by atomic mass is 16.5. The van der Waals surface area contributed by atoms with Crippen LogP contribution in [0, 0.1) is 13.8 Å². The Kier molecular flexibility index (Phi) is 4.54. The second-order valence-corrected chi connectivity index (χ2v) is 6.15. The van der Waals surface area contributed by atoms with Gasteiger partial charge in [-0.25, -0.2) is 14.5 Å². The molecule has 0 radical (unpaired) electrons. The number of amides is 1. The van der Waals surface area contributed by atoms with Crippen molar-refractivity contribution in [3.63, 3.8) is 0 Å². The Balaban J connectivity index is 1.83. The summed E-state index contributed by atoms with van der Waals surface area (Å²) in [6.45, 7) is 4.08. The minimum atomic E-state index is -1.03. The van der Waals surface area contributed by atoms with Gasteiger partial charge in [0.05, 0.1) is 17.4 Å². The lowest BCUT2D eigenvalue weighted by atomic mass is 10.2. The molecular formula is C17H20N4O4. The molecule has 2 aromatic rings. The Hall–Kier alpha value is -2.74. The molecular weight excluding hydrogens is 324 g/mol. The van der Waals surface area contributed by atoms with Crippen molar-refractivity contribution >= 4 is 11.9 Å². The number of likely N-dealkylation sites (tertiary alicyclic amines) is 1. The molecule has 0 bridgehead atoms. The van der Waals surface area contributed by atoms with E-state index in [9.17, 15) is 14.7 Å². The number of carbonyl (C=O) groups excluding carboxylic acids is 1. The maximum Gasteiger partial charge on any atom is 0.326 e. The molecule has 0 aromatic carbocycles. The average Bonchev–Trinajstić information content (AvgIpc) is 3.17. The largest absolute Gasteiger partial charge is 0.480 e. The van der Waals surface area contributed by atoms with Crippen molar-refractivity contribution in [2.75, 3.05) is 13.7 Å². The normalized spacial score (nSPS) is 20.0. The van der Waals surface area contributed by atoms with Gasteiger partial charge in [-0.2, -0.15) is 5.10 Å². The van der Waals surface area contributed by atoms with Crippen LogP contribution in [0.2, 0.25) is 0 Å². The highest BCUT2D eigenvalue weighted by molar-refractivity contribution is 5.96. The van der Waals surface area contributed by atoms with Crippen LogP contribution in [-0.4, -0.2) is 62.4 Å². The van der Waals surface area contributed by atoms with Crippen molar-refractivity contribution < 1.29 is 19.4 Å². The van der Waals surface area contributed by atoms with Crippen molar-refractivity contribution in [3.05, 3.63) is 41.3 Å². The molecule has 0 saturated carbocycles. The molecule has 8 heteroatoms. The Bertz CT molecular complexity index is 799. The topological polar surface area (TPSA) is 97.6 Å². The number of rotatable bonds is 4. The minimum absolute atomic E-state index is 0.255. The Labute approximate surface area is 145 Å². The van der Waals surface area contributed by atoms with Crippen molar-refractivity contribution in [2.45, 2.75) is 32.4 Å². The van der Waals surface area contributed by atoms with E-state index >= 15 is 0 Å². The van der Waals surface area contributed by atoms with Gasteiger partial charge in [-0.05, 0) is 32.0 Å². The van der Waals surface area contributed by atoms with Crippen LogP contribution in [0.5, 0.6) is 0 Å². The molecule has 0 spiro atoms. The van der Waals surface area contributed by atoms with Crippen LogP contribution in [0.25, 0.3) is 5.82 Å². The van der Waals surface area contributed by atoms with Crippen LogP contribution < -0.4 is 0 Å². The smallest absolute Gasteiger partial charge is 0.326 e. The summed E-state index contributed by atoms with van der Waals surface area (Å²) in [7, 11) is 1.52. The molecule has 3 rings (SSSR count). The van der Waals surface area contributed by atoms with Crippen molar-refractivity contribution in [3.8, 4) is 5.82 Å². The van der Waals surface area contributed by atoms with Gasteiger partial charge in [0, 0.05) is 32.0 Å². The fraction of sp³-hybridized carbons (Fsp3) is 0.412. The third kappa shape index (κ3) is 3.25. The molecule has 25 heavy (non-hydrogen) atoms. The molecule has 1 fully saturated rings. The SMILES string of the molecule is COC1CC(C(=O)O)N(C(=O)c2ccc(-n3nc(C)cc3C)nc2)C1. The quantitative estimate of drug-likeness (QED) is 0.895. The molecule has 1 amide bonds. The number of nitrogens with zero attached hydrogens (tertiary/aromatic N) is 4. The molecule has 8 nitrogen and oxygen atoms in total. The van der Waals surface area contributed by atoms with E-state index in [0.717, 1.165) is 11.4 Å². The van der Waals surface area contributed by atoms with Gasteiger partial charge in [-0.15, -0.1) is 0 Å². The molecule has 1 saturated heterocycles. The van der Waals surface area contributed by atoms with Gasteiger partial charge in [0.2, 0.25) is 0 Å². The number of ether oxygens (including phenoxy) is 1. The number of aliphatic carboxylic acids is 1. The van der Waals surface area contributed by atoms with Gasteiger partial charge < -0.3 is 14.7 Å². The standard InChI is InChI=1S/C17H20N4O4/c1-10-6-11(2)21(19-10)15-5-4-12(8-18-15)16(22)20-9-13(25-3)7-14(20)17(23)24/h4-6,8,13-14H,7,9H2,1-3H3,(H,23,24). The van der Waals surface area contributed by atoms with E-state index in [1.165, 1.54) is 18.2 Å². The maximum absolute atomic E-state index is 12.7. The number of carboxylic acids is 1. The zero-order valence-corrected chi connectivity index (χ0v) is 14.3. The van der Waals surface area contributed by atoms with Crippen LogP contribution in [0.15, 0.2) is 24.4 Å². The average molecular weight is 344 g/mol. The summed E-state index contributed by atoms with van der Waals surface area (Å²) in [5.74, 6) is -0.785. The number of hydrogen-bond acceptors (Lipinski definition) is 5. The lowest BCUT2D eigenvalue weighted by Gasteiger charge is -2.21. The molecule has 2 atom stereocenters. The van der Waals surface area contributed by atoms with Crippen molar-refractivity contribution in [2.24, 2.45) is 0 Å². The van der Waals surface area contributed by atoms with Crippen LogP contribution in [0.4, 0.5) is 0 Å². The zero-order valence-electron chi connectivity index (χ0n) is 14.3. The van der Waals surface area contributed by atoms with Crippen molar-refractivity contribution in [1.82, 2.24) is 19.7 Å². The summed E-state index contributed by atoms with van der Waals surface area (Å²) in [4.78, 5) is 29.7. The van der Waals surface area contributed by atoms with Gasteiger partial charge >= 0.3 is 5.97 Å². The molecule has 3 heterocycles. The van der Waals surface area contributed by atoms with Gasteiger partial charge in [-0.3, -0.25) is 4.79 Å². The zero-order chi connectivity index (χ0) is 18.1. The fourth-order valence-electron chi connectivity index (χ4n) is 3.09. The van der Waals surface area contributed by atoms with E-state index in [2.05, 4.69) is 10.1 Å². The van der Waals surface area contributed by atoms with Gasteiger partial charge in [0.1, 0.15) is 6.04 Å². The fourth-order valence-corrected chi connectivity index (χ4v) is 3.09. The van der Waals surface area contributed by atoms with Gasteiger partial charge in [0.15, 0.2) is 5.82 Å². The first-order valence-electron chi connectivity index (χ1n) is 7.97. The lowest BCUT2D eigenvalue weighted by Crippen LogP contribution is -2.40. The Morgan fingerprint density at radius 2 is 2.08 bits per heavy atom. The van der Waals surface area contributed by atoms with E-state index in [4.69, 9.17) is 4.74 Å². The number of aromatic nitrogens is 3. The number of carbonyl (C=O) groups is 2. The first kappa shape index (κ1) is 17.1. The second-order valence-electron chi connectivity index (χ2n) is 6.15.